The Kier molecular flexibility index (Phi) is 14.3. The van der Waals surface area contributed by atoms with Crippen LogP contribution in [0.4, 0.5) is 5.82 Å². The minimum absolute atomic E-state index is 0.289. The molecule has 0 unspecified atom stereocenters. The highest BCUT2D eigenvalue weighted by atomic mass is 35.5. The second-order valence-corrected chi connectivity index (χ2v) is 15.0. The van der Waals surface area contributed by atoms with E-state index in [1.54, 1.807) is 19.2 Å². The summed E-state index contributed by atoms with van der Waals surface area (Å²) in [6, 6.07) is 8.06. The molecule has 0 saturated heterocycles. The minimum atomic E-state index is -3.29. The third-order valence-corrected chi connectivity index (χ3v) is 11.1. The van der Waals surface area contributed by atoms with E-state index >= 15 is 0 Å². The Morgan fingerprint density at radius 1 is 1.07 bits per heavy atom. The van der Waals surface area contributed by atoms with Crippen LogP contribution in [0.1, 0.15) is 83.8 Å². The van der Waals surface area contributed by atoms with Gasteiger partial charge in [-0.2, -0.15) is 0 Å². The van der Waals surface area contributed by atoms with Crippen LogP contribution in [-0.2, 0) is 16.4 Å². The summed E-state index contributed by atoms with van der Waals surface area (Å²) in [6.45, 7) is 13.6. The summed E-state index contributed by atoms with van der Waals surface area (Å²) in [4.78, 5) is 12.0. The fourth-order valence-corrected chi connectivity index (χ4v) is 7.40. The Hall–Kier alpha value is -1.74. The number of thiophene rings is 1. The number of unbranched alkanes of at least 4 members (excludes halogenated alkanes) is 1. The number of nitrogens with zero attached hydrogens (tertiary/aromatic N) is 3. The van der Waals surface area contributed by atoms with E-state index in [2.05, 4.69) is 36.1 Å². The predicted octanol–water partition coefficient (Wildman–Crippen LogP) is 8.31. The van der Waals surface area contributed by atoms with Gasteiger partial charge in [-0.15, -0.1) is 11.3 Å². The molecule has 2 aromatic heterocycles. The Labute approximate surface area is 251 Å². The third kappa shape index (κ3) is 9.97. The molecule has 1 N–H and O–H groups in total. The second-order valence-electron chi connectivity index (χ2n) is 11.2. The summed E-state index contributed by atoms with van der Waals surface area (Å²) in [7, 11) is 0.701. The summed E-state index contributed by atoms with van der Waals surface area (Å²) in [6.07, 6.45) is 7.87. The number of hydrogen-bond acceptors (Lipinski definition) is 7. The van der Waals surface area contributed by atoms with Gasteiger partial charge in [-0.25, -0.2) is 18.4 Å². The SMILES string of the molecule is CC1CCC(CNCc2scc(S(=O)(=O)C(C)C)c2Cl)CC1.CCCC.Cc1nc(N(C)C)c2ccccc2n1. The first kappa shape index (κ1) is 34.5. The number of anilines is 1. The summed E-state index contributed by atoms with van der Waals surface area (Å²) >= 11 is 7.72. The topological polar surface area (TPSA) is 75.2 Å². The maximum Gasteiger partial charge on any atom is 0.182 e. The number of sulfone groups is 1. The van der Waals surface area contributed by atoms with Crippen molar-refractivity contribution in [1.29, 1.82) is 0 Å². The number of aryl methyl sites for hydroxylation is 1. The molecule has 1 aliphatic rings. The molecule has 4 rings (SSSR count). The number of fused-ring (bicyclic) bond motifs is 1. The van der Waals surface area contributed by atoms with Gasteiger partial charge in [0.25, 0.3) is 0 Å². The van der Waals surface area contributed by atoms with Gasteiger partial charge in [-0.05, 0) is 64.1 Å². The van der Waals surface area contributed by atoms with Gasteiger partial charge in [0.2, 0.25) is 0 Å². The zero-order valence-corrected chi connectivity index (χ0v) is 28.0. The van der Waals surface area contributed by atoms with E-state index in [0.29, 0.717) is 11.6 Å². The monoisotopic (exact) mass is 608 g/mol. The predicted molar refractivity (Wildman–Crippen MR) is 174 cm³/mol. The Balaban J connectivity index is 0.000000265. The van der Waals surface area contributed by atoms with Crippen LogP contribution in [0.2, 0.25) is 5.02 Å². The molecule has 6 nitrogen and oxygen atoms in total. The molecule has 1 aliphatic carbocycles. The molecular formula is C31H49ClN4O2S2. The van der Waals surface area contributed by atoms with Crippen LogP contribution >= 0.6 is 22.9 Å². The molecule has 1 fully saturated rings. The van der Waals surface area contributed by atoms with E-state index in [1.807, 2.05) is 50.2 Å². The Morgan fingerprint density at radius 2 is 1.70 bits per heavy atom. The van der Waals surface area contributed by atoms with Crippen molar-refractivity contribution in [2.75, 3.05) is 25.5 Å². The van der Waals surface area contributed by atoms with Gasteiger partial charge in [-0.3, -0.25) is 0 Å². The smallest absolute Gasteiger partial charge is 0.182 e. The maximum atomic E-state index is 12.2. The number of hydrogen-bond donors (Lipinski definition) is 1. The van der Waals surface area contributed by atoms with E-state index < -0.39 is 15.1 Å². The Morgan fingerprint density at radius 3 is 2.27 bits per heavy atom. The molecular weight excluding hydrogens is 560 g/mol. The summed E-state index contributed by atoms with van der Waals surface area (Å²) in [5, 5.41) is 6.20. The molecule has 0 amide bonds. The average Bonchev–Trinajstić information content (AvgIpc) is 3.30. The highest BCUT2D eigenvalue weighted by Crippen LogP contribution is 2.34. The highest BCUT2D eigenvalue weighted by Gasteiger charge is 2.25. The maximum absolute atomic E-state index is 12.2. The summed E-state index contributed by atoms with van der Waals surface area (Å²) in [5.41, 5.74) is 1.00. The van der Waals surface area contributed by atoms with Crippen LogP contribution in [0.3, 0.4) is 0 Å². The molecule has 2 heterocycles. The number of benzene rings is 1. The first-order valence-corrected chi connectivity index (χ1v) is 17.3. The van der Waals surface area contributed by atoms with E-state index in [4.69, 9.17) is 11.6 Å². The molecule has 0 aliphatic heterocycles. The standard InChI is InChI=1S/C16H26ClNO2S2.C11H13N3.C4H10/c1-11(2)22(19,20)15-10-21-14(16(15)17)9-18-8-13-6-4-12(3)5-7-13;1-8-12-10-7-5-4-6-9(10)11(13-8)14(2)3;1-3-4-2/h10-13,18H,4-9H2,1-3H3;4-7H,1-3H3;3-4H2,1-2H3. The molecule has 1 saturated carbocycles. The zero-order chi connectivity index (χ0) is 29.9. The van der Waals surface area contributed by atoms with Crippen molar-refractivity contribution >= 4 is 49.5 Å². The highest BCUT2D eigenvalue weighted by molar-refractivity contribution is 7.92. The lowest BCUT2D eigenvalue weighted by molar-refractivity contribution is 0.281. The lowest BCUT2D eigenvalue weighted by atomic mass is 9.83. The van der Waals surface area contributed by atoms with Crippen molar-refractivity contribution in [3.63, 3.8) is 0 Å². The average molecular weight is 609 g/mol. The number of rotatable bonds is 8. The minimum Gasteiger partial charge on any atom is -0.362 e. The molecule has 1 aromatic carbocycles. The number of para-hydroxylation sites is 1. The van der Waals surface area contributed by atoms with Gasteiger partial charge in [0.05, 0.1) is 20.7 Å². The molecule has 3 aromatic rings. The van der Waals surface area contributed by atoms with Crippen LogP contribution < -0.4 is 10.2 Å². The largest absolute Gasteiger partial charge is 0.362 e. The molecule has 0 atom stereocenters. The number of aromatic nitrogens is 2. The molecule has 40 heavy (non-hydrogen) atoms. The summed E-state index contributed by atoms with van der Waals surface area (Å²) in [5.74, 6) is 3.40. The molecule has 224 valence electrons. The molecule has 0 spiro atoms. The van der Waals surface area contributed by atoms with Crippen LogP contribution in [0.5, 0.6) is 0 Å². The molecule has 9 heteroatoms. The van der Waals surface area contributed by atoms with Crippen molar-refractivity contribution in [3.05, 3.63) is 45.4 Å². The van der Waals surface area contributed by atoms with E-state index in [0.717, 1.165) is 45.8 Å². The first-order valence-electron chi connectivity index (χ1n) is 14.5. The lowest BCUT2D eigenvalue weighted by Crippen LogP contribution is -2.25. The van der Waals surface area contributed by atoms with Gasteiger partial charge in [0, 0.05) is 36.3 Å². The molecule has 0 radical (unpaired) electrons. The van der Waals surface area contributed by atoms with Crippen molar-refractivity contribution in [1.82, 2.24) is 15.3 Å². The van der Waals surface area contributed by atoms with E-state index in [9.17, 15) is 8.42 Å². The lowest BCUT2D eigenvalue weighted by Gasteiger charge is -2.26. The third-order valence-electron chi connectivity index (χ3n) is 7.17. The van der Waals surface area contributed by atoms with Crippen LogP contribution in [0.25, 0.3) is 10.9 Å². The van der Waals surface area contributed by atoms with E-state index in [-0.39, 0.29) is 4.90 Å². The van der Waals surface area contributed by atoms with Gasteiger partial charge >= 0.3 is 0 Å². The quantitative estimate of drug-likeness (QED) is 0.277. The van der Waals surface area contributed by atoms with Crippen LogP contribution in [0, 0.1) is 18.8 Å². The number of halogens is 1. The van der Waals surface area contributed by atoms with Gasteiger partial charge in [-0.1, -0.05) is 70.2 Å². The fraction of sp³-hybridized carbons (Fsp3) is 0.613. The molecule has 0 bridgehead atoms. The summed E-state index contributed by atoms with van der Waals surface area (Å²) < 4.78 is 24.4. The van der Waals surface area contributed by atoms with Gasteiger partial charge in [0.15, 0.2) is 9.84 Å². The van der Waals surface area contributed by atoms with Crippen LogP contribution in [-0.4, -0.2) is 44.3 Å². The van der Waals surface area contributed by atoms with Gasteiger partial charge in [0.1, 0.15) is 11.6 Å². The van der Waals surface area contributed by atoms with Crippen molar-refractivity contribution in [3.8, 4) is 0 Å². The second kappa shape index (κ2) is 16.6. The van der Waals surface area contributed by atoms with Crippen molar-refractivity contribution in [2.24, 2.45) is 11.8 Å². The van der Waals surface area contributed by atoms with Crippen molar-refractivity contribution in [2.45, 2.75) is 96.8 Å². The van der Waals surface area contributed by atoms with Crippen LogP contribution in [0.15, 0.2) is 34.5 Å². The first-order chi connectivity index (χ1) is 18.9. The normalized spacial score (nSPS) is 17.1. The fourth-order valence-electron chi connectivity index (χ4n) is 4.37. The van der Waals surface area contributed by atoms with E-state index in [1.165, 1.54) is 49.9 Å². The number of nitrogens with one attached hydrogen (secondary N) is 1. The van der Waals surface area contributed by atoms with Crippen molar-refractivity contribution < 1.29 is 8.42 Å². The van der Waals surface area contributed by atoms with Gasteiger partial charge < -0.3 is 10.2 Å². The Bertz CT molecular complexity index is 1280. The zero-order valence-electron chi connectivity index (χ0n) is 25.6.